The first-order valence-corrected chi connectivity index (χ1v) is 9.80. The zero-order valence-corrected chi connectivity index (χ0v) is 16.7. The van der Waals surface area contributed by atoms with Gasteiger partial charge in [-0.3, -0.25) is 4.79 Å². The van der Waals surface area contributed by atoms with Crippen molar-refractivity contribution in [1.82, 2.24) is 10.3 Å². The second-order valence-corrected chi connectivity index (χ2v) is 8.58. The van der Waals surface area contributed by atoms with Crippen LogP contribution in [-0.4, -0.2) is 29.3 Å². The quantitative estimate of drug-likeness (QED) is 0.839. The van der Waals surface area contributed by atoms with Crippen LogP contribution in [-0.2, 0) is 21.5 Å². The summed E-state index contributed by atoms with van der Waals surface area (Å²) in [5.74, 6) is -0.164. The summed E-state index contributed by atoms with van der Waals surface area (Å²) in [5.41, 5.74) is 2.63. The lowest BCUT2D eigenvalue weighted by molar-refractivity contribution is -0.131. The Balaban J connectivity index is 1.48. The molecule has 0 unspecified atom stereocenters. The van der Waals surface area contributed by atoms with Gasteiger partial charge in [-0.05, 0) is 6.07 Å². The second kappa shape index (κ2) is 7.76. The molecule has 1 amide bonds. The number of carbonyl (C=O) groups excluding carboxylic acids is 1. The van der Waals surface area contributed by atoms with Crippen molar-refractivity contribution in [2.45, 2.75) is 45.1 Å². The van der Waals surface area contributed by atoms with Gasteiger partial charge in [-0.25, -0.2) is 4.98 Å². The van der Waals surface area contributed by atoms with Crippen molar-refractivity contribution < 1.29 is 9.63 Å². The van der Waals surface area contributed by atoms with E-state index >= 15 is 0 Å². The van der Waals surface area contributed by atoms with Crippen molar-refractivity contribution >= 4 is 34.6 Å². The highest BCUT2D eigenvalue weighted by molar-refractivity contribution is 7.09. The molecule has 0 fully saturated rings. The standard InChI is InChI=1S/C19H22ClN3O2S/c1-19(2,3)16-11-26-17(22-16)8-9-21-18(24)15-10-14(23-25-15)12-6-4-5-7-13(12)20/h4-7,11,15H,8-10H2,1-3H3,(H,21,24)/t15-/m0/s1. The molecular weight excluding hydrogens is 370 g/mol. The summed E-state index contributed by atoms with van der Waals surface area (Å²) in [5, 5.41) is 10.6. The molecule has 3 rings (SSSR count). The average Bonchev–Trinajstić information content (AvgIpc) is 3.24. The van der Waals surface area contributed by atoms with Gasteiger partial charge < -0.3 is 10.2 Å². The first kappa shape index (κ1) is 18.9. The van der Waals surface area contributed by atoms with E-state index in [1.54, 1.807) is 17.4 Å². The van der Waals surface area contributed by atoms with Crippen LogP contribution in [0.5, 0.6) is 0 Å². The van der Waals surface area contributed by atoms with Gasteiger partial charge in [0.1, 0.15) is 0 Å². The van der Waals surface area contributed by atoms with E-state index in [4.69, 9.17) is 16.4 Å². The molecule has 1 aliphatic heterocycles. The summed E-state index contributed by atoms with van der Waals surface area (Å²) in [7, 11) is 0. The number of nitrogens with one attached hydrogen (secondary N) is 1. The molecule has 138 valence electrons. The summed E-state index contributed by atoms with van der Waals surface area (Å²) in [6, 6.07) is 7.42. The largest absolute Gasteiger partial charge is 0.382 e. The topological polar surface area (TPSA) is 63.6 Å². The number of nitrogens with zero attached hydrogens (tertiary/aromatic N) is 2. The van der Waals surface area contributed by atoms with Gasteiger partial charge in [0.15, 0.2) is 0 Å². The zero-order valence-electron chi connectivity index (χ0n) is 15.1. The maximum atomic E-state index is 12.3. The molecule has 0 saturated heterocycles. The maximum Gasteiger partial charge on any atom is 0.264 e. The Kier molecular flexibility index (Phi) is 5.63. The molecule has 7 heteroatoms. The van der Waals surface area contributed by atoms with Crippen LogP contribution in [0.4, 0.5) is 0 Å². The van der Waals surface area contributed by atoms with Gasteiger partial charge in [0, 0.05) is 40.8 Å². The van der Waals surface area contributed by atoms with E-state index in [-0.39, 0.29) is 11.3 Å². The average molecular weight is 392 g/mol. The minimum Gasteiger partial charge on any atom is -0.382 e. The molecule has 0 saturated carbocycles. The van der Waals surface area contributed by atoms with Crippen LogP contribution in [0.2, 0.25) is 5.02 Å². The second-order valence-electron chi connectivity index (χ2n) is 7.23. The third-order valence-electron chi connectivity index (χ3n) is 4.10. The third-order valence-corrected chi connectivity index (χ3v) is 5.34. The Hall–Kier alpha value is -1.92. The van der Waals surface area contributed by atoms with Crippen LogP contribution in [0.3, 0.4) is 0 Å². The maximum absolute atomic E-state index is 12.3. The van der Waals surface area contributed by atoms with E-state index in [0.29, 0.717) is 30.1 Å². The van der Waals surface area contributed by atoms with E-state index in [9.17, 15) is 4.79 Å². The van der Waals surface area contributed by atoms with Crippen LogP contribution in [0.1, 0.15) is 43.5 Å². The molecule has 1 aliphatic rings. The Morgan fingerprint density at radius 1 is 1.38 bits per heavy atom. The van der Waals surface area contributed by atoms with Crippen molar-refractivity contribution in [2.75, 3.05) is 6.54 Å². The lowest BCUT2D eigenvalue weighted by Gasteiger charge is -2.14. The minimum absolute atomic E-state index is 0.0438. The van der Waals surface area contributed by atoms with Crippen molar-refractivity contribution in [3.8, 4) is 0 Å². The highest BCUT2D eigenvalue weighted by atomic mass is 35.5. The van der Waals surface area contributed by atoms with Gasteiger partial charge in [-0.2, -0.15) is 0 Å². The molecule has 1 N–H and O–H groups in total. The molecule has 1 aromatic carbocycles. The van der Waals surface area contributed by atoms with E-state index in [2.05, 4.69) is 41.6 Å². The number of oxime groups is 1. The van der Waals surface area contributed by atoms with Crippen molar-refractivity contribution in [3.63, 3.8) is 0 Å². The van der Waals surface area contributed by atoms with Crippen LogP contribution in [0, 0.1) is 0 Å². The van der Waals surface area contributed by atoms with Gasteiger partial charge in [0.2, 0.25) is 6.10 Å². The molecule has 1 atom stereocenters. The van der Waals surface area contributed by atoms with Crippen molar-refractivity contribution in [1.29, 1.82) is 0 Å². The first-order chi connectivity index (χ1) is 12.3. The number of amides is 1. The van der Waals surface area contributed by atoms with Gasteiger partial charge in [-0.15, -0.1) is 11.3 Å². The summed E-state index contributed by atoms with van der Waals surface area (Å²) in [6.45, 7) is 6.95. The Morgan fingerprint density at radius 2 is 2.15 bits per heavy atom. The van der Waals surface area contributed by atoms with E-state index < -0.39 is 6.10 Å². The van der Waals surface area contributed by atoms with Gasteiger partial charge in [0.05, 0.1) is 16.4 Å². The van der Waals surface area contributed by atoms with Crippen molar-refractivity contribution in [2.24, 2.45) is 5.16 Å². The molecule has 0 radical (unpaired) electrons. The highest BCUT2D eigenvalue weighted by Crippen LogP contribution is 2.24. The third kappa shape index (κ3) is 4.43. The summed E-state index contributed by atoms with van der Waals surface area (Å²) >= 11 is 7.80. The fourth-order valence-electron chi connectivity index (χ4n) is 2.55. The number of thiazole rings is 1. The number of halogens is 1. The first-order valence-electron chi connectivity index (χ1n) is 8.55. The van der Waals surface area contributed by atoms with Crippen LogP contribution >= 0.6 is 22.9 Å². The lowest BCUT2D eigenvalue weighted by Crippen LogP contribution is -2.36. The number of benzene rings is 1. The van der Waals surface area contributed by atoms with Crippen molar-refractivity contribution in [3.05, 3.63) is 50.9 Å². The smallest absolute Gasteiger partial charge is 0.264 e. The Bertz CT molecular complexity index is 826. The fourth-order valence-corrected chi connectivity index (χ4v) is 3.82. The number of hydrogen-bond acceptors (Lipinski definition) is 5. The molecule has 2 aromatic rings. The number of hydrogen-bond donors (Lipinski definition) is 1. The molecule has 0 aliphatic carbocycles. The van der Waals surface area contributed by atoms with Crippen LogP contribution in [0.25, 0.3) is 0 Å². The Morgan fingerprint density at radius 3 is 2.85 bits per heavy atom. The Labute approximate surface area is 162 Å². The molecule has 0 spiro atoms. The van der Waals surface area contributed by atoms with Gasteiger partial charge in [0.25, 0.3) is 5.91 Å². The summed E-state index contributed by atoms with van der Waals surface area (Å²) < 4.78 is 0. The highest BCUT2D eigenvalue weighted by Gasteiger charge is 2.29. The van der Waals surface area contributed by atoms with E-state index in [0.717, 1.165) is 16.3 Å². The van der Waals surface area contributed by atoms with Gasteiger partial charge in [-0.1, -0.05) is 55.7 Å². The number of aromatic nitrogens is 1. The molecular formula is C19H22ClN3O2S. The summed E-state index contributed by atoms with van der Waals surface area (Å²) in [6.07, 6.45) is 0.515. The summed E-state index contributed by atoms with van der Waals surface area (Å²) in [4.78, 5) is 22.2. The number of carbonyl (C=O) groups is 1. The normalized spacial score (nSPS) is 16.9. The van der Waals surface area contributed by atoms with E-state index in [1.165, 1.54) is 0 Å². The monoisotopic (exact) mass is 391 g/mol. The van der Waals surface area contributed by atoms with Crippen LogP contribution < -0.4 is 5.32 Å². The minimum atomic E-state index is -0.609. The predicted octanol–water partition coefficient (Wildman–Crippen LogP) is 3.95. The van der Waals surface area contributed by atoms with Gasteiger partial charge >= 0.3 is 0 Å². The predicted molar refractivity (Wildman–Crippen MR) is 105 cm³/mol. The fraction of sp³-hybridized carbons (Fsp3) is 0.421. The molecule has 5 nitrogen and oxygen atoms in total. The van der Waals surface area contributed by atoms with Crippen LogP contribution in [0.15, 0.2) is 34.8 Å². The molecule has 1 aromatic heterocycles. The molecule has 2 heterocycles. The SMILES string of the molecule is CC(C)(C)c1csc(CCNC(=O)[C@@H]2CC(c3ccccc3Cl)=NO2)n1. The number of rotatable bonds is 5. The van der Waals surface area contributed by atoms with E-state index in [1.807, 2.05) is 18.2 Å². The zero-order chi connectivity index (χ0) is 18.7. The lowest BCUT2D eigenvalue weighted by atomic mass is 9.93. The molecule has 26 heavy (non-hydrogen) atoms. The molecule has 0 bridgehead atoms.